The van der Waals surface area contributed by atoms with E-state index in [9.17, 15) is 4.79 Å². The summed E-state index contributed by atoms with van der Waals surface area (Å²) < 4.78 is 8.72. The topological polar surface area (TPSA) is 86.9 Å². The molecule has 164 valence electrons. The number of carbonyl (C=O) groups excluding carboxylic acids is 1. The van der Waals surface area contributed by atoms with E-state index in [1.165, 1.54) is 17.3 Å². The molecule has 4 rings (SSSR count). The van der Waals surface area contributed by atoms with E-state index in [2.05, 4.69) is 15.5 Å². The van der Waals surface area contributed by atoms with Crippen molar-refractivity contribution in [2.75, 3.05) is 24.8 Å². The van der Waals surface area contributed by atoms with Gasteiger partial charge in [0.15, 0.2) is 5.16 Å². The predicted molar refractivity (Wildman–Crippen MR) is 125 cm³/mol. The Bertz CT molecular complexity index is 1170. The van der Waals surface area contributed by atoms with Gasteiger partial charge in [0, 0.05) is 25.3 Å². The average Bonchev–Trinajstić information content (AvgIpc) is 3.44. The van der Waals surface area contributed by atoms with E-state index >= 15 is 0 Å². The zero-order chi connectivity index (χ0) is 22.3. The third kappa shape index (κ3) is 5.24. The van der Waals surface area contributed by atoms with Crippen LogP contribution in [0.25, 0.3) is 16.9 Å². The Balaban J connectivity index is 1.52. The molecule has 0 atom stereocenters. The van der Waals surface area contributed by atoms with Gasteiger partial charge in [-0.15, -0.1) is 10.2 Å². The fourth-order valence-electron chi connectivity index (χ4n) is 3.11. The van der Waals surface area contributed by atoms with Crippen LogP contribution < -0.4 is 5.32 Å². The first-order valence-electron chi connectivity index (χ1n) is 10.2. The molecule has 9 heteroatoms. The quantitative estimate of drug-likeness (QED) is 0.392. The fraction of sp³-hybridized carbons (Fsp3) is 0.217. The molecule has 0 aliphatic carbocycles. The average molecular weight is 449 g/mol. The van der Waals surface area contributed by atoms with Crippen LogP contribution in [0.15, 0.2) is 72.1 Å². The van der Waals surface area contributed by atoms with Gasteiger partial charge < -0.3 is 14.6 Å². The number of hydrogen-bond donors (Lipinski definition) is 1. The van der Waals surface area contributed by atoms with Gasteiger partial charge in [-0.3, -0.25) is 4.79 Å². The van der Waals surface area contributed by atoms with Crippen LogP contribution in [-0.2, 0) is 16.1 Å². The molecular formula is C23H24N6O2S. The molecule has 0 aliphatic heterocycles. The van der Waals surface area contributed by atoms with Crippen LogP contribution in [0.2, 0.25) is 0 Å². The van der Waals surface area contributed by atoms with Crippen LogP contribution in [0.5, 0.6) is 0 Å². The highest BCUT2D eigenvalue weighted by molar-refractivity contribution is 7.99. The van der Waals surface area contributed by atoms with Gasteiger partial charge in [-0.1, -0.05) is 59.8 Å². The zero-order valence-corrected chi connectivity index (χ0v) is 18.7. The number of aromatic nitrogens is 5. The van der Waals surface area contributed by atoms with Crippen LogP contribution >= 0.6 is 11.8 Å². The maximum Gasteiger partial charge on any atom is 0.236 e. The minimum atomic E-state index is -0.149. The Morgan fingerprint density at radius 1 is 1.12 bits per heavy atom. The number of ether oxygens (including phenoxy) is 1. The number of methoxy groups -OCH3 is 1. The Morgan fingerprint density at radius 3 is 2.66 bits per heavy atom. The van der Waals surface area contributed by atoms with Crippen molar-refractivity contribution in [1.82, 2.24) is 24.5 Å². The Morgan fingerprint density at radius 2 is 1.91 bits per heavy atom. The number of rotatable bonds is 9. The van der Waals surface area contributed by atoms with E-state index in [0.29, 0.717) is 24.1 Å². The molecule has 0 saturated heterocycles. The molecule has 4 aromatic rings. The molecule has 8 nitrogen and oxygen atoms in total. The summed E-state index contributed by atoms with van der Waals surface area (Å²) in [5, 5.41) is 16.4. The van der Waals surface area contributed by atoms with E-state index < -0.39 is 0 Å². The number of nitrogens with one attached hydrogen (secondary N) is 1. The van der Waals surface area contributed by atoms with Crippen LogP contribution in [-0.4, -0.2) is 49.9 Å². The maximum atomic E-state index is 12.8. The Labute approximate surface area is 190 Å². The van der Waals surface area contributed by atoms with E-state index in [-0.39, 0.29) is 11.7 Å². The number of anilines is 1. The minimum absolute atomic E-state index is 0.149. The summed E-state index contributed by atoms with van der Waals surface area (Å²) in [7, 11) is 1.64. The summed E-state index contributed by atoms with van der Waals surface area (Å²) in [5.74, 6) is 0.660. The van der Waals surface area contributed by atoms with E-state index in [1.807, 2.05) is 72.2 Å². The Hall–Kier alpha value is -3.43. The van der Waals surface area contributed by atoms with Gasteiger partial charge in [0.25, 0.3) is 0 Å². The summed E-state index contributed by atoms with van der Waals surface area (Å²) in [5.41, 5.74) is 3.82. The minimum Gasteiger partial charge on any atom is -0.383 e. The monoisotopic (exact) mass is 448 g/mol. The number of nitrogens with zero attached hydrogens (tertiary/aromatic N) is 5. The van der Waals surface area contributed by atoms with E-state index in [0.717, 1.165) is 16.9 Å². The van der Waals surface area contributed by atoms with Crippen molar-refractivity contribution in [1.29, 1.82) is 0 Å². The van der Waals surface area contributed by atoms with Crippen molar-refractivity contribution >= 4 is 23.5 Å². The first-order chi connectivity index (χ1) is 15.6. The number of benzene rings is 2. The van der Waals surface area contributed by atoms with Crippen molar-refractivity contribution in [3.05, 3.63) is 72.6 Å². The lowest BCUT2D eigenvalue weighted by molar-refractivity contribution is -0.113. The Kier molecular flexibility index (Phi) is 6.98. The smallest absolute Gasteiger partial charge is 0.236 e. The molecule has 2 aromatic heterocycles. The summed E-state index contributed by atoms with van der Waals surface area (Å²) >= 11 is 1.33. The van der Waals surface area contributed by atoms with Gasteiger partial charge in [0.2, 0.25) is 5.91 Å². The van der Waals surface area contributed by atoms with E-state index in [4.69, 9.17) is 9.84 Å². The molecule has 0 unspecified atom stereocenters. The SMILES string of the molecule is COCCn1cnnc1SCC(=O)Nc1cc(-c2ccc(C)cc2)nn1-c1ccccc1. The molecule has 0 saturated carbocycles. The number of aryl methyl sites for hydroxylation is 1. The second-order valence-electron chi connectivity index (χ2n) is 7.16. The number of carbonyl (C=O) groups is 1. The third-order valence-corrected chi connectivity index (χ3v) is 5.75. The van der Waals surface area contributed by atoms with Gasteiger partial charge in [0.05, 0.1) is 23.7 Å². The highest BCUT2D eigenvalue weighted by Gasteiger charge is 2.15. The number of thioether (sulfide) groups is 1. The number of hydrogen-bond acceptors (Lipinski definition) is 6. The lowest BCUT2D eigenvalue weighted by Gasteiger charge is -2.09. The van der Waals surface area contributed by atoms with Gasteiger partial charge in [-0.2, -0.15) is 5.10 Å². The highest BCUT2D eigenvalue weighted by atomic mass is 32.2. The van der Waals surface area contributed by atoms with Crippen molar-refractivity contribution in [2.24, 2.45) is 0 Å². The summed E-state index contributed by atoms with van der Waals surface area (Å²) in [6.45, 7) is 3.23. The van der Waals surface area contributed by atoms with Gasteiger partial charge >= 0.3 is 0 Å². The molecule has 2 aromatic carbocycles. The van der Waals surface area contributed by atoms with Crippen molar-refractivity contribution < 1.29 is 9.53 Å². The summed E-state index contributed by atoms with van der Waals surface area (Å²) in [6.07, 6.45) is 1.64. The first kappa shape index (κ1) is 21.8. The molecular weight excluding hydrogens is 424 g/mol. The zero-order valence-electron chi connectivity index (χ0n) is 17.9. The first-order valence-corrected chi connectivity index (χ1v) is 11.1. The van der Waals surface area contributed by atoms with Gasteiger partial charge in [-0.25, -0.2) is 4.68 Å². The van der Waals surface area contributed by atoms with Crippen molar-refractivity contribution in [3.63, 3.8) is 0 Å². The van der Waals surface area contributed by atoms with E-state index in [1.54, 1.807) is 18.1 Å². The lowest BCUT2D eigenvalue weighted by atomic mass is 10.1. The molecule has 1 amide bonds. The number of amides is 1. The van der Waals surface area contributed by atoms with Crippen LogP contribution in [0.4, 0.5) is 5.82 Å². The summed E-state index contributed by atoms with van der Waals surface area (Å²) in [6, 6.07) is 19.8. The molecule has 2 heterocycles. The second-order valence-corrected chi connectivity index (χ2v) is 8.11. The molecule has 0 spiro atoms. The standard InChI is InChI=1S/C23H24N6O2S/c1-17-8-10-18(11-9-17)20-14-21(29(27-20)19-6-4-3-5-7-19)25-22(30)15-32-23-26-24-16-28(23)12-13-31-2/h3-11,14,16H,12-13,15H2,1-2H3,(H,25,30). The van der Waals surface area contributed by atoms with Crippen LogP contribution in [0.1, 0.15) is 5.56 Å². The predicted octanol–water partition coefficient (Wildman–Crippen LogP) is 3.82. The van der Waals surface area contributed by atoms with Crippen LogP contribution in [0.3, 0.4) is 0 Å². The van der Waals surface area contributed by atoms with Gasteiger partial charge in [-0.05, 0) is 19.1 Å². The lowest BCUT2D eigenvalue weighted by Crippen LogP contribution is -2.17. The maximum absolute atomic E-state index is 12.8. The van der Waals surface area contributed by atoms with Crippen LogP contribution in [0, 0.1) is 6.92 Å². The molecule has 0 aliphatic rings. The van der Waals surface area contributed by atoms with Gasteiger partial charge in [0.1, 0.15) is 12.1 Å². The summed E-state index contributed by atoms with van der Waals surface area (Å²) in [4.78, 5) is 12.8. The molecule has 0 fully saturated rings. The normalized spacial score (nSPS) is 10.9. The molecule has 1 N–H and O–H groups in total. The largest absolute Gasteiger partial charge is 0.383 e. The third-order valence-electron chi connectivity index (χ3n) is 4.77. The molecule has 0 bridgehead atoms. The molecule has 0 radical (unpaired) electrons. The highest BCUT2D eigenvalue weighted by Crippen LogP contribution is 2.25. The van der Waals surface area contributed by atoms with Crippen molar-refractivity contribution in [2.45, 2.75) is 18.6 Å². The molecule has 32 heavy (non-hydrogen) atoms. The fourth-order valence-corrected chi connectivity index (χ4v) is 3.85. The number of para-hydroxylation sites is 1. The van der Waals surface area contributed by atoms with Crippen molar-refractivity contribution in [3.8, 4) is 16.9 Å². The second kappa shape index (κ2) is 10.3.